The Morgan fingerprint density at radius 3 is 2.37 bits per heavy atom. The Hall–Kier alpha value is -3.87. The van der Waals surface area contributed by atoms with E-state index in [4.69, 9.17) is 9.15 Å². The molecule has 154 valence electrons. The molecule has 1 heterocycles. The molecule has 0 saturated heterocycles. The largest absolute Gasteiger partial charge is 0.459 e. The first-order valence-electron chi connectivity index (χ1n) is 9.29. The van der Waals surface area contributed by atoms with Crippen molar-refractivity contribution in [1.82, 2.24) is 4.90 Å². The summed E-state index contributed by atoms with van der Waals surface area (Å²) in [6, 6.07) is 16.8. The molecule has 7 nitrogen and oxygen atoms in total. The molecule has 1 unspecified atom stereocenters. The van der Waals surface area contributed by atoms with E-state index >= 15 is 0 Å². The third-order valence-electron chi connectivity index (χ3n) is 4.46. The van der Waals surface area contributed by atoms with Crippen molar-refractivity contribution in [2.24, 2.45) is 0 Å². The molecular formula is C23H22N2O5. The minimum atomic E-state index is -1.07. The average molecular weight is 406 g/mol. The quantitative estimate of drug-likeness (QED) is 0.629. The lowest BCUT2D eigenvalue weighted by molar-refractivity contribution is -0.138. The number of hydrogen-bond donors (Lipinski definition) is 1. The lowest BCUT2D eigenvalue weighted by Crippen LogP contribution is -2.31. The number of anilines is 1. The molecule has 1 atom stereocenters. The maximum atomic E-state index is 12.8. The molecule has 2 amide bonds. The highest BCUT2D eigenvalue weighted by atomic mass is 16.5. The second kappa shape index (κ2) is 9.09. The summed E-state index contributed by atoms with van der Waals surface area (Å²) < 4.78 is 10.6. The molecule has 0 fully saturated rings. The minimum absolute atomic E-state index is 0.156. The summed E-state index contributed by atoms with van der Waals surface area (Å²) in [5.41, 5.74) is 1.99. The highest BCUT2D eigenvalue weighted by Gasteiger charge is 2.27. The van der Waals surface area contributed by atoms with Crippen molar-refractivity contribution in [3.05, 3.63) is 89.4 Å². The predicted octanol–water partition coefficient (Wildman–Crippen LogP) is 3.83. The number of hydrogen-bond acceptors (Lipinski definition) is 5. The van der Waals surface area contributed by atoms with Crippen molar-refractivity contribution in [2.45, 2.75) is 13.0 Å². The standard InChI is InChI=1S/C23H22N2O5/c1-15-11-12-17(14-18(15)24-21(26)19-10-7-13-29-19)23(28)30-20(22(27)25(2)3)16-8-5-4-6-9-16/h4-14,20H,1-3H3,(H,24,26). The number of likely N-dealkylation sites (N-methyl/N-ethyl adjacent to an activating group) is 1. The van der Waals surface area contributed by atoms with Crippen LogP contribution in [0, 0.1) is 6.92 Å². The van der Waals surface area contributed by atoms with Crippen molar-refractivity contribution in [2.75, 3.05) is 19.4 Å². The van der Waals surface area contributed by atoms with Crippen LogP contribution in [0.15, 0.2) is 71.3 Å². The molecule has 0 spiro atoms. The number of furan rings is 1. The van der Waals surface area contributed by atoms with Gasteiger partial charge in [-0.1, -0.05) is 36.4 Å². The molecule has 30 heavy (non-hydrogen) atoms. The van der Waals surface area contributed by atoms with Gasteiger partial charge in [0.25, 0.3) is 11.8 Å². The van der Waals surface area contributed by atoms with Crippen LogP contribution in [0.5, 0.6) is 0 Å². The van der Waals surface area contributed by atoms with Gasteiger partial charge in [0, 0.05) is 25.3 Å². The van der Waals surface area contributed by atoms with Gasteiger partial charge in [0.05, 0.1) is 11.8 Å². The lowest BCUT2D eigenvalue weighted by atomic mass is 10.1. The Labute approximate surface area is 174 Å². The zero-order valence-electron chi connectivity index (χ0n) is 16.9. The highest BCUT2D eigenvalue weighted by Crippen LogP contribution is 2.24. The average Bonchev–Trinajstić information content (AvgIpc) is 3.28. The normalized spacial score (nSPS) is 11.4. The molecule has 0 aliphatic carbocycles. The number of carbonyl (C=O) groups excluding carboxylic acids is 3. The molecule has 7 heteroatoms. The van der Waals surface area contributed by atoms with Gasteiger partial charge in [0.2, 0.25) is 6.10 Å². The summed E-state index contributed by atoms with van der Waals surface area (Å²) >= 11 is 0. The van der Waals surface area contributed by atoms with E-state index in [1.54, 1.807) is 69.6 Å². The van der Waals surface area contributed by atoms with Gasteiger partial charge in [-0.25, -0.2) is 4.79 Å². The van der Waals surface area contributed by atoms with Crippen LogP contribution >= 0.6 is 0 Å². The number of ether oxygens (including phenoxy) is 1. The highest BCUT2D eigenvalue weighted by molar-refractivity contribution is 6.03. The first-order valence-corrected chi connectivity index (χ1v) is 9.29. The van der Waals surface area contributed by atoms with Crippen molar-refractivity contribution in [3.8, 4) is 0 Å². The van der Waals surface area contributed by atoms with Gasteiger partial charge in [-0.05, 0) is 36.8 Å². The van der Waals surface area contributed by atoms with Crippen LogP contribution in [0.25, 0.3) is 0 Å². The maximum absolute atomic E-state index is 12.8. The molecule has 0 bridgehead atoms. The lowest BCUT2D eigenvalue weighted by Gasteiger charge is -2.21. The van der Waals surface area contributed by atoms with Crippen molar-refractivity contribution < 1.29 is 23.5 Å². The molecule has 1 N–H and O–H groups in total. The predicted molar refractivity (Wildman–Crippen MR) is 111 cm³/mol. The Bertz CT molecular complexity index is 1040. The van der Waals surface area contributed by atoms with E-state index in [1.807, 2.05) is 6.07 Å². The Kier molecular flexibility index (Phi) is 6.32. The monoisotopic (exact) mass is 406 g/mol. The fraction of sp³-hybridized carbons (Fsp3) is 0.174. The van der Waals surface area contributed by atoms with Crippen LogP contribution < -0.4 is 5.32 Å². The van der Waals surface area contributed by atoms with E-state index in [0.29, 0.717) is 11.3 Å². The number of carbonyl (C=O) groups is 3. The van der Waals surface area contributed by atoms with Crippen LogP contribution in [-0.4, -0.2) is 36.8 Å². The summed E-state index contributed by atoms with van der Waals surface area (Å²) in [4.78, 5) is 39.0. The third kappa shape index (κ3) is 4.75. The molecule has 0 saturated carbocycles. The fourth-order valence-corrected chi connectivity index (χ4v) is 2.77. The second-order valence-corrected chi connectivity index (χ2v) is 6.89. The SMILES string of the molecule is Cc1ccc(C(=O)OC(C(=O)N(C)C)c2ccccc2)cc1NC(=O)c1ccco1. The molecule has 0 radical (unpaired) electrons. The van der Waals surface area contributed by atoms with Gasteiger partial charge in [0.1, 0.15) is 0 Å². The Balaban J connectivity index is 1.83. The van der Waals surface area contributed by atoms with Crippen LogP contribution in [0.1, 0.15) is 38.1 Å². The van der Waals surface area contributed by atoms with Gasteiger partial charge in [0.15, 0.2) is 5.76 Å². The maximum Gasteiger partial charge on any atom is 0.339 e. The van der Waals surface area contributed by atoms with E-state index in [9.17, 15) is 14.4 Å². The Morgan fingerprint density at radius 1 is 1.00 bits per heavy atom. The summed E-state index contributed by atoms with van der Waals surface area (Å²) in [5, 5.41) is 2.72. The Morgan fingerprint density at radius 2 is 1.73 bits per heavy atom. The first-order chi connectivity index (χ1) is 14.4. The summed E-state index contributed by atoms with van der Waals surface area (Å²) in [7, 11) is 3.19. The first kappa shape index (κ1) is 20.9. The summed E-state index contributed by atoms with van der Waals surface area (Å²) in [6.07, 6.45) is 0.331. The second-order valence-electron chi connectivity index (χ2n) is 6.89. The molecule has 3 aromatic rings. The number of rotatable bonds is 6. The molecule has 0 aliphatic rings. The van der Waals surface area contributed by atoms with E-state index in [0.717, 1.165) is 5.56 Å². The fourth-order valence-electron chi connectivity index (χ4n) is 2.77. The molecule has 1 aromatic heterocycles. The van der Waals surface area contributed by atoms with Gasteiger partial charge >= 0.3 is 5.97 Å². The van der Waals surface area contributed by atoms with Crippen molar-refractivity contribution >= 4 is 23.5 Å². The van der Waals surface area contributed by atoms with Gasteiger partial charge in [-0.15, -0.1) is 0 Å². The minimum Gasteiger partial charge on any atom is -0.459 e. The topological polar surface area (TPSA) is 88.9 Å². The summed E-state index contributed by atoms with van der Waals surface area (Å²) in [5.74, 6) is -1.30. The molecule has 0 aliphatic heterocycles. The van der Waals surface area contributed by atoms with Crippen molar-refractivity contribution in [3.63, 3.8) is 0 Å². The number of nitrogens with one attached hydrogen (secondary N) is 1. The van der Waals surface area contributed by atoms with Crippen LogP contribution in [0.2, 0.25) is 0 Å². The van der Waals surface area contributed by atoms with E-state index < -0.39 is 18.0 Å². The smallest absolute Gasteiger partial charge is 0.339 e. The van der Waals surface area contributed by atoms with E-state index in [2.05, 4.69) is 5.32 Å². The number of amides is 2. The number of benzene rings is 2. The van der Waals surface area contributed by atoms with Gasteiger partial charge in [-0.3, -0.25) is 9.59 Å². The summed E-state index contributed by atoms with van der Waals surface area (Å²) in [6.45, 7) is 1.80. The van der Waals surface area contributed by atoms with Crippen molar-refractivity contribution in [1.29, 1.82) is 0 Å². The van der Waals surface area contributed by atoms with Crippen LogP contribution in [0.4, 0.5) is 5.69 Å². The van der Waals surface area contributed by atoms with Gasteiger partial charge in [-0.2, -0.15) is 0 Å². The number of nitrogens with zero attached hydrogens (tertiary/aromatic N) is 1. The third-order valence-corrected chi connectivity index (χ3v) is 4.46. The zero-order chi connectivity index (χ0) is 21.7. The van der Waals surface area contributed by atoms with Crippen LogP contribution in [0.3, 0.4) is 0 Å². The molecule has 3 rings (SSSR count). The van der Waals surface area contributed by atoms with E-state index in [-0.39, 0.29) is 17.2 Å². The van der Waals surface area contributed by atoms with Crippen LogP contribution in [-0.2, 0) is 9.53 Å². The van der Waals surface area contributed by atoms with Gasteiger partial charge < -0.3 is 19.4 Å². The van der Waals surface area contributed by atoms with E-state index in [1.165, 1.54) is 17.2 Å². The number of esters is 1. The zero-order valence-corrected chi connectivity index (χ0v) is 16.9. The molecule has 2 aromatic carbocycles. The number of aryl methyl sites for hydroxylation is 1. The molecular weight excluding hydrogens is 384 g/mol.